The average Bonchev–Trinajstić information content (AvgIpc) is 3.03. The van der Waals surface area contributed by atoms with Crippen LogP contribution in [0.4, 0.5) is 10.1 Å². The maximum atomic E-state index is 13.4. The topological polar surface area (TPSA) is 46.3 Å². The number of anilines is 1. The number of nitrogens with zero attached hydrogens (tertiary/aromatic N) is 1. The van der Waals surface area contributed by atoms with E-state index in [4.69, 9.17) is 5.73 Å². The van der Waals surface area contributed by atoms with Crippen molar-refractivity contribution < 1.29 is 9.18 Å². The molecule has 1 aliphatic rings. The first-order chi connectivity index (χ1) is 11.1. The second kappa shape index (κ2) is 8.15. The van der Waals surface area contributed by atoms with Gasteiger partial charge in [-0.1, -0.05) is 30.3 Å². The quantitative estimate of drug-likeness (QED) is 0.844. The summed E-state index contributed by atoms with van der Waals surface area (Å²) in [5, 5.41) is 0. The van der Waals surface area contributed by atoms with Crippen LogP contribution in [0.25, 0.3) is 0 Å². The lowest BCUT2D eigenvalue weighted by Crippen LogP contribution is -2.30. The molecule has 3 rings (SSSR count). The summed E-state index contributed by atoms with van der Waals surface area (Å²) in [5.41, 5.74) is 8.54. The number of nitrogens with two attached hydrogens (primary N) is 1. The van der Waals surface area contributed by atoms with E-state index >= 15 is 0 Å². The zero-order valence-corrected chi connectivity index (χ0v) is 14.3. The SMILES string of the molecule is Cl.Nc1ccccc1CCC(=O)N1CCCC1c1cccc(F)c1. The molecule has 1 aliphatic heterocycles. The summed E-state index contributed by atoms with van der Waals surface area (Å²) in [6.45, 7) is 0.740. The van der Waals surface area contributed by atoms with Crippen LogP contribution < -0.4 is 5.73 Å². The van der Waals surface area contributed by atoms with E-state index < -0.39 is 0 Å². The van der Waals surface area contributed by atoms with Gasteiger partial charge in [0.05, 0.1) is 6.04 Å². The lowest BCUT2D eigenvalue weighted by atomic mass is 10.0. The Morgan fingerprint density at radius 1 is 1.21 bits per heavy atom. The zero-order chi connectivity index (χ0) is 16.2. The zero-order valence-electron chi connectivity index (χ0n) is 13.5. The molecule has 0 bridgehead atoms. The van der Waals surface area contributed by atoms with Gasteiger partial charge in [-0.2, -0.15) is 0 Å². The lowest BCUT2D eigenvalue weighted by Gasteiger charge is -2.25. The van der Waals surface area contributed by atoms with E-state index in [-0.39, 0.29) is 30.2 Å². The first-order valence-electron chi connectivity index (χ1n) is 8.03. The molecule has 2 aromatic rings. The first kappa shape index (κ1) is 18.3. The number of rotatable bonds is 4. The molecule has 1 unspecified atom stereocenters. The van der Waals surface area contributed by atoms with Crippen molar-refractivity contribution in [3.63, 3.8) is 0 Å². The minimum absolute atomic E-state index is 0. The summed E-state index contributed by atoms with van der Waals surface area (Å²) in [4.78, 5) is 14.5. The molecule has 0 radical (unpaired) electrons. The average molecular weight is 349 g/mol. The second-order valence-corrected chi connectivity index (χ2v) is 6.00. The number of aryl methyl sites for hydroxylation is 1. The van der Waals surface area contributed by atoms with Crippen LogP contribution in [0.1, 0.15) is 36.4 Å². The predicted octanol–water partition coefficient (Wildman–Crippen LogP) is 4.13. The number of hydrogen-bond acceptors (Lipinski definition) is 2. The van der Waals surface area contributed by atoms with Crippen molar-refractivity contribution in [3.8, 4) is 0 Å². The number of carbonyl (C=O) groups excluding carboxylic acids is 1. The van der Waals surface area contributed by atoms with E-state index in [0.29, 0.717) is 12.8 Å². The van der Waals surface area contributed by atoms with E-state index in [1.54, 1.807) is 6.07 Å². The monoisotopic (exact) mass is 348 g/mol. The van der Waals surface area contributed by atoms with E-state index in [9.17, 15) is 9.18 Å². The minimum Gasteiger partial charge on any atom is -0.399 e. The lowest BCUT2D eigenvalue weighted by molar-refractivity contribution is -0.132. The molecule has 1 amide bonds. The molecular weight excluding hydrogens is 327 g/mol. The molecule has 1 heterocycles. The molecular formula is C19H22ClFN2O. The standard InChI is InChI=1S/C19H21FN2O.ClH/c20-16-7-3-6-15(13-16)18-9-4-12-22(18)19(23)11-10-14-5-1-2-8-17(14)21;/h1-3,5-8,13,18H,4,9-12,21H2;1H. The van der Waals surface area contributed by atoms with Crippen molar-refractivity contribution >= 4 is 24.0 Å². The van der Waals surface area contributed by atoms with E-state index in [1.165, 1.54) is 12.1 Å². The number of amides is 1. The molecule has 0 saturated carbocycles. The van der Waals surface area contributed by atoms with Crippen LogP contribution in [-0.4, -0.2) is 17.4 Å². The van der Waals surface area contributed by atoms with Crippen molar-refractivity contribution in [1.82, 2.24) is 4.90 Å². The molecule has 128 valence electrons. The van der Waals surface area contributed by atoms with Gasteiger partial charge in [0.15, 0.2) is 0 Å². The molecule has 0 aromatic heterocycles. The third-order valence-corrected chi connectivity index (χ3v) is 4.47. The Hall–Kier alpha value is -2.07. The van der Waals surface area contributed by atoms with Crippen LogP contribution in [0.3, 0.4) is 0 Å². The van der Waals surface area contributed by atoms with Crippen LogP contribution in [0.2, 0.25) is 0 Å². The van der Waals surface area contributed by atoms with Gasteiger partial charge in [0.25, 0.3) is 0 Å². The highest BCUT2D eigenvalue weighted by atomic mass is 35.5. The van der Waals surface area contributed by atoms with Crippen molar-refractivity contribution in [2.75, 3.05) is 12.3 Å². The Labute approximate surface area is 148 Å². The van der Waals surface area contributed by atoms with Crippen LogP contribution in [0, 0.1) is 5.82 Å². The maximum Gasteiger partial charge on any atom is 0.223 e. The summed E-state index contributed by atoms with van der Waals surface area (Å²) < 4.78 is 13.4. The van der Waals surface area contributed by atoms with Gasteiger partial charge in [0.1, 0.15) is 5.82 Å². The van der Waals surface area contributed by atoms with Crippen LogP contribution in [-0.2, 0) is 11.2 Å². The van der Waals surface area contributed by atoms with Gasteiger partial charge >= 0.3 is 0 Å². The molecule has 1 atom stereocenters. The molecule has 24 heavy (non-hydrogen) atoms. The molecule has 1 saturated heterocycles. The number of likely N-dealkylation sites (tertiary alicyclic amines) is 1. The van der Waals surface area contributed by atoms with Gasteiger partial charge in [-0.3, -0.25) is 4.79 Å². The third-order valence-electron chi connectivity index (χ3n) is 4.47. The largest absolute Gasteiger partial charge is 0.399 e. The molecule has 1 fully saturated rings. The van der Waals surface area contributed by atoms with E-state index in [0.717, 1.165) is 36.2 Å². The molecule has 0 spiro atoms. The number of para-hydroxylation sites is 1. The maximum absolute atomic E-state index is 13.4. The number of nitrogen functional groups attached to an aromatic ring is 1. The van der Waals surface area contributed by atoms with E-state index in [1.807, 2.05) is 35.2 Å². The fourth-order valence-electron chi connectivity index (χ4n) is 3.27. The van der Waals surface area contributed by atoms with Gasteiger partial charge in [0, 0.05) is 18.7 Å². The second-order valence-electron chi connectivity index (χ2n) is 6.00. The summed E-state index contributed by atoms with van der Waals surface area (Å²) in [6, 6.07) is 14.2. The van der Waals surface area contributed by atoms with Crippen molar-refractivity contribution in [2.24, 2.45) is 0 Å². The fraction of sp³-hybridized carbons (Fsp3) is 0.316. The highest BCUT2D eigenvalue weighted by Crippen LogP contribution is 2.32. The Kier molecular flexibility index (Phi) is 6.21. The predicted molar refractivity (Wildman–Crippen MR) is 96.5 cm³/mol. The van der Waals surface area contributed by atoms with E-state index in [2.05, 4.69) is 0 Å². The summed E-state index contributed by atoms with van der Waals surface area (Å²) in [5.74, 6) is -0.140. The van der Waals surface area contributed by atoms with Gasteiger partial charge < -0.3 is 10.6 Å². The molecule has 2 aromatic carbocycles. The number of hydrogen-bond donors (Lipinski definition) is 1. The third kappa shape index (κ3) is 4.06. The van der Waals surface area contributed by atoms with Crippen LogP contribution in [0.15, 0.2) is 48.5 Å². The number of carbonyl (C=O) groups is 1. The fourth-order valence-corrected chi connectivity index (χ4v) is 3.27. The van der Waals surface area contributed by atoms with Crippen molar-refractivity contribution in [3.05, 3.63) is 65.5 Å². The summed E-state index contributed by atoms with van der Waals surface area (Å²) in [6.07, 6.45) is 2.92. The van der Waals surface area contributed by atoms with Gasteiger partial charge in [-0.25, -0.2) is 4.39 Å². The highest BCUT2D eigenvalue weighted by Gasteiger charge is 2.29. The Morgan fingerprint density at radius 2 is 2.00 bits per heavy atom. The summed E-state index contributed by atoms with van der Waals surface area (Å²) in [7, 11) is 0. The van der Waals surface area contributed by atoms with Crippen molar-refractivity contribution in [1.29, 1.82) is 0 Å². The Balaban J connectivity index is 0.00000208. The molecule has 2 N–H and O–H groups in total. The van der Waals surface area contributed by atoms with Gasteiger partial charge in [-0.15, -0.1) is 12.4 Å². The van der Waals surface area contributed by atoms with Crippen molar-refractivity contribution in [2.45, 2.75) is 31.7 Å². The molecule has 3 nitrogen and oxygen atoms in total. The Morgan fingerprint density at radius 3 is 2.75 bits per heavy atom. The molecule has 0 aliphatic carbocycles. The van der Waals surface area contributed by atoms with Gasteiger partial charge in [0.2, 0.25) is 5.91 Å². The van der Waals surface area contributed by atoms with Gasteiger partial charge in [-0.05, 0) is 48.6 Å². The van der Waals surface area contributed by atoms with Crippen LogP contribution in [0.5, 0.6) is 0 Å². The normalized spacial score (nSPS) is 16.7. The number of halogens is 2. The molecule has 5 heteroatoms. The Bertz CT molecular complexity index is 707. The van der Waals surface area contributed by atoms with Crippen LogP contribution >= 0.6 is 12.4 Å². The summed E-state index contributed by atoms with van der Waals surface area (Å²) >= 11 is 0. The number of benzene rings is 2. The highest BCUT2D eigenvalue weighted by molar-refractivity contribution is 5.85. The smallest absolute Gasteiger partial charge is 0.223 e. The minimum atomic E-state index is -0.251. The first-order valence-corrected chi connectivity index (χ1v) is 8.03.